The Kier molecular flexibility index (Phi) is 5.99. The van der Waals surface area contributed by atoms with Crippen molar-refractivity contribution < 1.29 is 14.9 Å². The van der Waals surface area contributed by atoms with E-state index < -0.39 is 5.97 Å². The number of aromatic amines is 1. The third-order valence-electron chi connectivity index (χ3n) is 2.33. The number of hydrogen-bond acceptors (Lipinski definition) is 3. The summed E-state index contributed by atoms with van der Waals surface area (Å²) in [6.45, 7) is 0.909. The zero-order valence-corrected chi connectivity index (χ0v) is 9.37. The van der Waals surface area contributed by atoms with Crippen molar-refractivity contribution >= 4 is 11.8 Å². The third-order valence-corrected chi connectivity index (χ3v) is 2.33. The largest absolute Gasteiger partial charge is 0.550 e. The number of carboxylic acid groups (broad SMARTS) is 1. The molecule has 0 bridgehead atoms. The molecule has 2 N–H and O–H groups in total. The van der Waals surface area contributed by atoms with Crippen molar-refractivity contribution in [1.29, 1.82) is 0 Å². The van der Waals surface area contributed by atoms with Crippen LogP contribution in [0.25, 0.3) is 0 Å². The van der Waals surface area contributed by atoms with Crippen LogP contribution in [0.4, 0.5) is 5.82 Å². The molecule has 1 heterocycles. The minimum absolute atomic E-state index is 0.180. The highest BCUT2D eigenvalue weighted by atomic mass is 16.4. The van der Waals surface area contributed by atoms with Gasteiger partial charge in [0.25, 0.3) is 5.82 Å². The molecule has 0 radical (unpaired) electrons. The Morgan fingerprint density at radius 2 is 2.06 bits per heavy atom. The second-order valence-corrected chi connectivity index (χ2v) is 3.74. The van der Waals surface area contributed by atoms with Crippen LogP contribution in [0.1, 0.15) is 32.1 Å². The maximum Gasteiger partial charge on any atom is 0.272 e. The van der Waals surface area contributed by atoms with Gasteiger partial charge >= 0.3 is 0 Å². The summed E-state index contributed by atoms with van der Waals surface area (Å²) in [7, 11) is 0. The van der Waals surface area contributed by atoms with E-state index in [2.05, 4.69) is 10.3 Å². The van der Waals surface area contributed by atoms with Crippen molar-refractivity contribution in [2.24, 2.45) is 0 Å². The molecule has 4 nitrogen and oxygen atoms in total. The van der Waals surface area contributed by atoms with Crippen LogP contribution in [0.15, 0.2) is 24.4 Å². The van der Waals surface area contributed by atoms with Gasteiger partial charge in [-0.3, -0.25) is 5.32 Å². The number of unbranched alkanes of at least 4 members (excludes halogenated alkanes) is 3. The van der Waals surface area contributed by atoms with E-state index >= 15 is 0 Å². The summed E-state index contributed by atoms with van der Waals surface area (Å²) in [4.78, 5) is 13.2. The van der Waals surface area contributed by atoms with Gasteiger partial charge in [0.05, 0.1) is 12.7 Å². The van der Waals surface area contributed by atoms with Gasteiger partial charge in [-0.2, -0.15) is 0 Å². The van der Waals surface area contributed by atoms with Gasteiger partial charge in [-0.25, -0.2) is 4.98 Å². The molecule has 0 aliphatic carbocycles. The monoisotopic (exact) mass is 222 g/mol. The lowest BCUT2D eigenvalue weighted by Gasteiger charge is -2.01. The molecule has 16 heavy (non-hydrogen) atoms. The molecule has 0 aliphatic rings. The normalized spacial score (nSPS) is 10.0. The molecule has 1 rings (SSSR count). The van der Waals surface area contributed by atoms with Gasteiger partial charge in [-0.1, -0.05) is 12.5 Å². The Hall–Kier alpha value is -1.58. The molecular formula is C12H18N2O2. The highest BCUT2D eigenvalue weighted by molar-refractivity contribution is 5.64. The predicted octanol–water partition coefficient (Wildman–Crippen LogP) is 0.613. The highest BCUT2D eigenvalue weighted by Crippen LogP contribution is 2.03. The van der Waals surface area contributed by atoms with Crippen LogP contribution in [-0.4, -0.2) is 12.5 Å². The number of H-pyrrole nitrogens is 1. The molecule has 4 heteroatoms. The van der Waals surface area contributed by atoms with Crippen LogP contribution >= 0.6 is 0 Å². The molecule has 0 unspecified atom stereocenters. The molecule has 0 aromatic carbocycles. The molecule has 88 valence electrons. The SMILES string of the molecule is O=C([O-])CCCCCCNc1cccc[nH+]1. The van der Waals surface area contributed by atoms with Crippen molar-refractivity contribution in [3.05, 3.63) is 24.4 Å². The minimum Gasteiger partial charge on any atom is -0.550 e. The van der Waals surface area contributed by atoms with Crippen molar-refractivity contribution in [2.45, 2.75) is 32.1 Å². The van der Waals surface area contributed by atoms with Crippen LogP contribution in [0.3, 0.4) is 0 Å². The molecule has 0 saturated heterocycles. The molecule has 1 aromatic rings. The summed E-state index contributed by atoms with van der Waals surface area (Å²) in [6.07, 6.45) is 5.83. The number of pyridine rings is 1. The van der Waals surface area contributed by atoms with E-state index in [0.29, 0.717) is 0 Å². The van der Waals surface area contributed by atoms with E-state index in [9.17, 15) is 9.90 Å². The minimum atomic E-state index is -0.947. The summed E-state index contributed by atoms with van der Waals surface area (Å²) >= 11 is 0. The zero-order valence-electron chi connectivity index (χ0n) is 9.37. The van der Waals surface area contributed by atoms with Crippen LogP contribution in [0, 0.1) is 0 Å². The van der Waals surface area contributed by atoms with Crippen LogP contribution in [0.2, 0.25) is 0 Å². The van der Waals surface area contributed by atoms with Crippen LogP contribution in [0.5, 0.6) is 0 Å². The van der Waals surface area contributed by atoms with Gasteiger partial charge in [0, 0.05) is 12.0 Å². The topological polar surface area (TPSA) is 66.3 Å². The number of aromatic nitrogens is 1. The first-order chi connectivity index (χ1) is 7.79. The maximum atomic E-state index is 10.1. The van der Waals surface area contributed by atoms with E-state index in [4.69, 9.17) is 0 Å². The van der Waals surface area contributed by atoms with E-state index in [-0.39, 0.29) is 6.42 Å². The number of carbonyl (C=O) groups is 1. The fourth-order valence-corrected chi connectivity index (χ4v) is 1.47. The van der Waals surface area contributed by atoms with Gasteiger partial charge < -0.3 is 9.90 Å². The van der Waals surface area contributed by atoms with Gasteiger partial charge in [-0.15, -0.1) is 0 Å². The molecule has 0 saturated carbocycles. The number of carbonyl (C=O) groups excluding carboxylic acids is 1. The number of aliphatic carboxylic acids is 1. The van der Waals surface area contributed by atoms with Crippen molar-refractivity contribution in [3.63, 3.8) is 0 Å². The standard InChI is InChI=1S/C12H18N2O2/c15-12(16)8-3-1-2-5-9-13-11-7-4-6-10-14-11/h4,6-7,10H,1-3,5,8-9H2,(H,13,14)(H,15,16). The molecule has 0 fully saturated rings. The van der Waals surface area contributed by atoms with E-state index in [0.717, 1.165) is 38.0 Å². The second kappa shape index (κ2) is 7.68. The van der Waals surface area contributed by atoms with Crippen molar-refractivity contribution in [1.82, 2.24) is 0 Å². The summed E-state index contributed by atoms with van der Waals surface area (Å²) in [5, 5.41) is 13.4. The van der Waals surface area contributed by atoms with Crippen molar-refractivity contribution in [2.75, 3.05) is 11.9 Å². The number of carboxylic acids is 1. The first-order valence-corrected chi connectivity index (χ1v) is 5.69. The highest BCUT2D eigenvalue weighted by Gasteiger charge is 1.97. The van der Waals surface area contributed by atoms with E-state index in [1.807, 2.05) is 24.4 Å². The number of hydrogen-bond donors (Lipinski definition) is 1. The maximum absolute atomic E-state index is 10.1. The smallest absolute Gasteiger partial charge is 0.272 e. The first kappa shape index (κ1) is 12.5. The molecule has 0 aliphatic heterocycles. The molecular weight excluding hydrogens is 204 g/mol. The van der Waals surface area contributed by atoms with Crippen LogP contribution < -0.4 is 15.4 Å². The summed E-state index contributed by atoms with van der Waals surface area (Å²) in [5.74, 6) is 0.0641. The quantitative estimate of drug-likeness (QED) is 0.655. The summed E-state index contributed by atoms with van der Waals surface area (Å²) in [5.41, 5.74) is 0. The van der Waals surface area contributed by atoms with Gasteiger partial charge in [0.2, 0.25) is 0 Å². The lowest BCUT2D eigenvalue weighted by atomic mass is 10.1. The zero-order chi connectivity index (χ0) is 11.6. The Labute approximate surface area is 95.7 Å². The Morgan fingerprint density at radius 1 is 1.25 bits per heavy atom. The summed E-state index contributed by atoms with van der Waals surface area (Å²) in [6, 6.07) is 5.89. The average Bonchev–Trinajstić information content (AvgIpc) is 2.29. The van der Waals surface area contributed by atoms with Gasteiger partial charge in [0.15, 0.2) is 0 Å². The van der Waals surface area contributed by atoms with E-state index in [1.54, 1.807) is 0 Å². The lowest BCUT2D eigenvalue weighted by Crippen LogP contribution is -2.21. The predicted molar refractivity (Wildman–Crippen MR) is 59.6 cm³/mol. The molecule has 1 aromatic heterocycles. The fraction of sp³-hybridized carbons (Fsp3) is 0.500. The second-order valence-electron chi connectivity index (χ2n) is 3.74. The van der Waals surface area contributed by atoms with Gasteiger partial charge in [-0.05, 0) is 31.7 Å². The number of anilines is 1. The van der Waals surface area contributed by atoms with Crippen LogP contribution in [-0.2, 0) is 4.79 Å². The Morgan fingerprint density at radius 3 is 2.75 bits per heavy atom. The number of rotatable bonds is 8. The number of nitrogens with one attached hydrogen (secondary N) is 2. The molecule has 0 spiro atoms. The lowest BCUT2D eigenvalue weighted by molar-refractivity contribution is -0.361. The Bertz CT molecular complexity index is 301. The first-order valence-electron chi connectivity index (χ1n) is 5.69. The third kappa shape index (κ3) is 6.01. The van der Waals surface area contributed by atoms with E-state index in [1.165, 1.54) is 0 Å². The molecule has 0 atom stereocenters. The summed E-state index contributed by atoms with van der Waals surface area (Å²) < 4.78 is 0. The fourth-order valence-electron chi connectivity index (χ4n) is 1.47. The average molecular weight is 222 g/mol. The van der Waals surface area contributed by atoms with Crippen molar-refractivity contribution in [3.8, 4) is 0 Å². The molecule has 0 amide bonds. The van der Waals surface area contributed by atoms with Gasteiger partial charge in [0.1, 0.15) is 0 Å². The Balaban J connectivity index is 1.94.